The molecule has 0 spiro atoms. The molecule has 38 heavy (non-hydrogen) atoms. The van der Waals surface area contributed by atoms with Crippen LogP contribution in [0.2, 0.25) is 5.02 Å². The van der Waals surface area contributed by atoms with Crippen molar-refractivity contribution in [2.45, 2.75) is 0 Å². The van der Waals surface area contributed by atoms with Crippen molar-refractivity contribution < 1.29 is 33.7 Å². The van der Waals surface area contributed by atoms with E-state index in [4.69, 9.17) is 11.6 Å². The highest BCUT2D eigenvalue weighted by atomic mass is 35.5. The summed E-state index contributed by atoms with van der Waals surface area (Å²) in [4.78, 5) is 65.4. The van der Waals surface area contributed by atoms with E-state index in [1.165, 1.54) is 24.3 Å². The Hall–Kier alpha value is -5.38. The number of nitro benzene ring substituents is 1. The lowest BCUT2D eigenvalue weighted by atomic mass is 10.1. The number of hydrogen-bond donors (Lipinski definition) is 3. The Morgan fingerprint density at radius 2 is 1.47 bits per heavy atom. The summed E-state index contributed by atoms with van der Waals surface area (Å²) in [5.41, 5.74) is 2.95. The molecule has 0 saturated carbocycles. The van der Waals surface area contributed by atoms with Gasteiger partial charge in [0.15, 0.2) is 0 Å². The van der Waals surface area contributed by atoms with Crippen LogP contribution in [0, 0.1) is 20.2 Å². The molecule has 0 radical (unpaired) electrons. The first-order valence-corrected chi connectivity index (χ1v) is 10.5. The summed E-state index contributed by atoms with van der Waals surface area (Å²) in [5, 5.41) is 25.3. The number of amides is 1. The number of nitrogens with one attached hydrogen (secondary N) is 3. The van der Waals surface area contributed by atoms with Crippen molar-refractivity contribution in [3.8, 4) is 0 Å². The van der Waals surface area contributed by atoms with Gasteiger partial charge in [-0.15, -0.1) is 0 Å². The van der Waals surface area contributed by atoms with Gasteiger partial charge in [-0.2, -0.15) is 0 Å². The average Bonchev–Trinajstić information content (AvgIpc) is 2.90. The van der Waals surface area contributed by atoms with Crippen molar-refractivity contribution in [3.63, 3.8) is 0 Å². The van der Waals surface area contributed by atoms with E-state index >= 15 is 0 Å². The zero-order valence-electron chi connectivity index (χ0n) is 19.4. The third kappa shape index (κ3) is 6.05. The van der Waals surface area contributed by atoms with Crippen LogP contribution in [0.25, 0.3) is 0 Å². The molecule has 0 aliphatic rings. The number of carbonyl (C=O) groups is 3. The molecule has 0 saturated heterocycles. The van der Waals surface area contributed by atoms with Gasteiger partial charge in [-0.05, 0) is 30.3 Å². The van der Waals surface area contributed by atoms with Gasteiger partial charge in [0.05, 0.1) is 35.2 Å². The summed E-state index contributed by atoms with van der Waals surface area (Å²) < 4.78 is 9.32. The molecule has 0 bridgehead atoms. The fourth-order valence-electron chi connectivity index (χ4n) is 3.02. The summed E-state index contributed by atoms with van der Waals surface area (Å²) in [6.07, 6.45) is 0.933. The number of rotatable bonds is 9. The molecule has 0 fully saturated rings. The topological polar surface area (TPSA) is 218 Å². The van der Waals surface area contributed by atoms with Gasteiger partial charge in [0.2, 0.25) is 11.6 Å². The van der Waals surface area contributed by atoms with Crippen LogP contribution in [0.1, 0.15) is 31.1 Å². The van der Waals surface area contributed by atoms with E-state index in [-0.39, 0.29) is 33.2 Å². The molecule has 2 aromatic carbocycles. The normalized spacial score (nSPS) is 10.2. The van der Waals surface area contributed by atoms with Crippen molar-refractivity contribution in [3.05, 3.63) is 84.7 Å². The van der Waals surface area contributed by atoms with E-state index < -0.39 is 44.9 Å². The highest BCUT2D eigenvalue weighted by molar-refractivity contribution is 6.32. The van der Waals surface area contributed by atoms with Crippen molar-refractivity contribution in [2.75, 3.05) is 25.0 Å². The molecule has 0 unspecified atom stereocenters. The fraction of sp³-hybridized carbons (Fsp3) is 0.0952. The Balaban J connectivity index is 1.92. The van der Waals surface area contributed by atoms with Crippen LogP contribution in [0.5, 0.6) is 0 Å². The molecule has 1 aromatic heterocycles. The number of nitrogens with zero attached hydrogens (tertiary/aromatic N) is 4. The van der Waals surface area contributed by atoms with Gasteiger partial charge < -0.3 is 14.8 Å². The fourth-order valence-corrected chi connectivity index (χ4v) is 3.21. The maximum Gasteiger partial charge on any atom is 0.355 e. The van der Waals surface area contributed by atoms with Crippen LogP contribution in [-0.4, -0.2) is 51.9 Å². The predicted octanol–water partition coefficient (Wildman–Crippen LogP) is 3.02. The van der Waals surface area contributed by atoms with Gasteiger partial charge in [0.1, 0.15) is 11.3 Å². The van der Waals surface area contributed by atoms with E-state index in [1.807, 2.05) is 0 Å². The number of halogens is 1. The largest absolute Gasteiger partial charge is 0.465 e. The summed E-state index contributed by atoms with van der Waals surface area (Å²) in [6, 6.07) is 7.00. The molecule has 0 aliphatic heterocycles. The lowest BCUT2D eigenvalue weighted by molar-refractivity contribution is -0.384. The Morgan fingerprint density at radius 1 is 0.868 bits per heavy atom. The minimum absolute atomic E-state index is 0.0403. The van der Waals surface area contributed by atoms with Crippen LogP contribution < -0.4 is 16.2 Å². The van der Waals surface area contributed by atoms with Gasteiger partial charge >= 0.3 is 17.6 Å². The van der Waals surface area contributed by atoms with Gasteiger partial charge in [-0.1, -0.05) is 11.6 Å². The maximum atomic E-state index is 12.5. The first kappa shape index (κ1) is 27.2. The first-order chi connectivity index (χ1) is 18.0. The zero-order valence-corrected chi connectivity index (χ0v) is 20.1. The number of aromatic nitrogens is 2. The molecular formula is C21H16ClN7O9. The third-order valence-electron chi connectivity index (χ3n) is 4.74. The number of nitro groups is 2. The second-order valence-corrected chi connectivity index (χ2v) is 7.49. The molecule has 16 nitrogen and oxygen atoms in total. The number of hydrazine groups is 1. The monoisotopic (exact) mass is 545 g/mol. The SMILES string of the molecule is COC(=O)c1cc(Nc2ncnc(NNC(=O)c3ccc(Cl)c([N+](=O)[O-])c3)c2[N+](=O)[O-])cc(C(=O)OC)c1. The molecular weight excluding hydrogens is 530 g/mol. The molecule has 17 heteroatoms. The number of benzene rings is 2. The summed E-state index contributed by atoms with van der Waals surface area (Å²) in [7, 11) is 2.26. The Bertz CT molecular complexity index is 1430. The summed E-state index contributed by atoms with van der Waals surface area (Å²) >= 11 is 5.74. The van der Waals surface area contributed by atoms with Crippen molar-refractivity contribution in [1.82, 2.24) is 15.4 Å². The van der Waals surface area contributed by atoms with E-state index in [0.717, 1.165) is 32.7 Å². The smallest absolute Gasteiger partial charge is 0.355 e. The Morgan fingerprint density at radius 3 is 2.03 bits per heavy atom. The number of carbonyl (C=O) groups excluding carboxylic acids is 3. The average molecular weight is 546 g/mol. The van der Waals surface area contributed by atoms with Gasteiger partial charge in [-0.25, -0.2) is 19.6 Å². The third-order valence-corrected chi connectivity index (χ3v) is 5.06. The van der Waals surface area contributed by atoms with E-state index in [2.05, 4.69) is 35.6 Å². The second-order valence-electron chi connectivity index (χ2n) is 7.09. The number of ether oxygens (including phenoxy) is 2. The molecule has 1 amide bonds. The molecule has 196 valence electrons. The molecule has 3 aromatic rings. The molecule has 0 aliphatic carbocycles. The van der Waals surface area contributed by atoms with E-state index in [1.54, 1.807) is 0 Å². The molecule has 0 atom stereocenters. The van der Waals surface area contributed by atoms with E-state index in [0.29, 0.717) is 0 Å². The van der Waals surface area contributed by atoms with Crippen LogP contribution in [-0.2, 0) is 9.47 Å². The highest BCUT2D eigenvalue weighted by Gasteiger charge is 2.25. The number of anilines is 3. The lowest BCUT2D eigenvalue weighted by Gasteiger charge is -2.12. The van der Waals surface area contributed by atoms with E-state index in [9.17, 15) is 34.6 Å². The number of esters is 2. The van der Waals surface area contributed by atoms with Crippen LogP contribution in [0.3, 0.4) is 0 Å². The molecule has 1 heterocycles. The highest BCUT2D eigenvalue weighted by Crippen LogP contribution is 2.32. The van der Waals surface area contributed by atoms with Crippen LogP contribution >= 0.6 is 11.6 Å². The Labute approximate surface area is 217 Å². The van der Waals surface area contributed by atoms with Gasteiger partial charge in [0, 0.05) is 17.3 Å². The molecule has 3 N–H and O–H groups in total. The standard InChI is InChI=1S/C21H16ClN7O9/c1-37-20(31)11-5-12(21(32)38-2)7-13(6-11)25-17-16(29(35)36)18(24-9-23-17)26-27-19(30)10-3-4-14(22)15(8-10)28(33)34/h3-9H,1-2H3,(H,27,30)(H2,23,24,25,26). The van der Waals surface area contributed by atoms with Crippen LogP contribution in [0.15, 0.2) is 42.7 Å². The van der Waals surface area contributed by atoms with Crippen LogP contribution in [0.4, 0.5) is 28.7 Å². The minimum Gasteiger partial charge on any atom is -0.465 e. The minimum atomic E-state index is -0.888. The number of methoxy groups -OCH3 is 2. The first-order valence-electron chi connectivity index (χ1n) is 10.1. The quantitative estimate of drug-likeness (QED) is 0.200. The van der Waals surface area contributed by atoms with Crippen molar-refractivity contribution in [1.29, 1.82) is 0 Å². The predicted molar refractivity (Wildman–Crippen MR) is 130 cm³/mol. The number of hydrogen-bond acceptors (Lipinski definition) is 13. The van der Waals surface area contributed by atoms with Gasteiger partial charge in [0.25, 0.3) is 11.6 Å². The second kappa shape index (κ2) is 11.6. The maximum absolute atomic E-state index is 12.5. The zero-order chi connectivity index (χ0) is 28.0. The van der Waals surface area contributed by atoms with Gasteiger partial charge in [-0.3, -0.25) is 35.9 Å². The molecule has 3 rings (SSSR count). The summed E-state index contributed by atoms with van der Waals surface area (Å²) in [5.74, 6) is -3.30. The Kier molecular flexibility index (Phi) is 8.29. The summed E-state index contributed by atoms with van der Waals surface area (Å²) in [6.45, 7) is 0. The lowest BCUT2D eigenvalue weighted by Crippen LogP contribution is -2.30. The van der Waals surface area contributed by atoms with Crippen molar-refractivity contribution in [2.24, 2.45) is 0 Å². The van der Waals surface area contributed by atoms with Crippen molar-refractivity contribution >= 4 is 58.1 Å².